The number of hydrogen-bond acceptors (Lipinski definition) is 2. The van der Waals surface area contributed by atoms with Crippen molar-refractivity contribution in [2.45, 2.75) is 51.8 Å². The number of nitrogens with one attached hydrogen (secondary N) is 1. The van der Waals surface area contributed by atoms with Gasteiger partial charge in [0.1, 0.15) is 6.73 Å². The molecule has 1 heterocycles. The van der Waals surface area contributed by atoms with Crippen LogP contribution in [0.25, 0.3) is 0 Å². The largest absolute Gasteiger partial charge is 0.364 e. The molecule has 3 nitrogen and oxygen atoms in total. The molecular weight excluding hydrogens is 212 g/mol. The number of fused-ring (bicyclic) bond motifs is 1. The Bertz CT molecular complexity index is 346. The maximum absolute atomic E-state index is 5.20. The molecule has 0 fully saturated rings. The Morgan fingerprint density at radius 1 is 1.41 bits per heavy atom. The summed E-state index contributed by atoms with van der Waals surface area (Å²) in [5, 5.41) is 3.67. The minimum Gasteiger partial charge on any atom is -0.364 e. The molecule has 3 heteroatoms. The number of rotatable bonds is 5. The lowest BCUT2D eigenvalue weighted by atomic mass is 10.0. The Morgan fingerprint density at radius 3 is 3.06 bits per heavy atom. The highest BCUT2D eigenvalue weighted by atomic mass is 16.5. The van der Waals surface area contributed by atoms with Crippen LogP contribution in [0.2, 0.25) is 0 Å². The zero-order valence-corrected chi connectivity index (χ0v) is 11.0. The molecule has 0 radical (unpaired) electrons. The molecule has 0 amide bonds. The van der Waals surface area contributed by atoms with Crippen molar-refractivity contribution in [3.8, 4) is 0 Å². The molecule has 0 saturated carbocycles. The van der Waals surface area contributed by atoms with E-state index in [0.717, 1.165) is 6.54 Å². The maximum Gasteiger partial charge on any atom is 0.121 e. The third-order valence-electron chi connectivity index (χ3n) is 3.48. The molecule has 17 heavy (non-hydrogen) atoms. The lowest BCUT2D eigenvalue weighted by molar-refractivity contribution is 0.131. The second-order valence-electron chi connectivity index (χ2n) is 4.92. The van der Waals surface area contributed by atoms with E-state index in [2.05, 4.69) is 29.2 Å². The van der Waals surface area contributed by atoms with Crippen molar-refractivity contribution in [1.29, 1.82) is 0 Å². The SMILES string of the molecule is CCCNC1CCCCc2cn(COC)cc21. The smallest absolute Gasteiger partial charge is 0.121 e. The van der Waals surface area contributed by atoms with Gasteiger partial charge in [-0.1, -0.05) is 13.3 Å². The van der Waals surface area contributed by atoms with E-state index in [9.17, 15) is 0 Å². The molecule has 1 aromatic heterocycles. The van der Waals surface area contributed by atoms with E-state index in [1.165, 1.54) is 43.2 Å². The van der Waals surface area contributed by atoms with Gasteiger partial charge in [0.15, 0.2) is 0 Å². The normalized spacial score (nSPS) is 20.0. The highest BCUT2D eigenvalue weighted by Crippen LogP contribution is 2.29. The van der Waals surface area contributed by atoms with Crippen LogP contribution in [0.15, 0.2) is 12.4 Å². The summed E-state index contributed by atoms with van der Waals surface area (Å²) in [5.41, 5.74) is 3.00. The Hall–Kier alpha value is -0.800. The molecule has 1 aliphatic carbocycles. The molecule has 1 atom stereocenters. The predicted octanol–water partition coefficient (Wildman–Crippen LogP) is 2.86. The van der Waals surface area contributed by atoms with Crippen LogP contribution >= 0.6 is 0 Å². The summed E-state index contributed by atoms with van der Waals surface area (Å²) in [6.07, 6.45) is 10.8. The van der Waals surface area contributed by atoms with Gasteiger partial charge in [-0.3, -0.25) is 0 Å². The summed E-state index contributed by atoms with van der Waals surface area (Å²) >= 11 is 0. The first-order valence-electron chi connectivity index (χ1n) is 6.76. The fourth-order valence-electron chi connectivity index (χ4n) is 2.67. The molecular formula is C14H24N2O. The van der Waals surface area contributed by atoms with Gasteiger partial charge in [0.2, 0.25) is 0 Å². The Morgan fingerprint density at radius 2 is 2.29 bits per heavy atom. The fraction of sp³-hybridized carbons (Fsp3) is 0.714. The predicted molar refractivity (Wildman–Crippen MR) is 70.0 cm³/mol. The van der Waals surface area contributed by atoms with E-state index in [1.807, 2.05) is 0 Å². The van der Waals surface area contributed by atoms with Gasteiger partial charge in [0, 0.05) is 25.5 Å². The number of methoxy groups -OCH3 is 1. The third kappa shape index (κ3) is 3.11. The van der Waals surface area contributed by atoms with Gasteiger partial charge in [0.05, 0.1) is 0 Å². The molecule has 96 valence electrons. The molecule has 2 rings (SSSR count). The topological polar surface area (TPSA) is 26.2 Å². The monoisotopic (exact) mass is 236 g/mol. The highest BCUT2D eigenvalue weighted by Gasteiger charge is 2.19. The molecule has 1 N–H and O–H groups in total. The summed E-state index contributed by atoms with van der Waals surface area (Å²) in [5.74, 6) is 0. The van der Waals surface area contributed by atoms with Gasteiger partial charge in [-0.25, -0.2) is 0 Å². The first-order chi connectivity index (χ1) is 8.35. The van der Waals surface area contributed by atoms with Crippen LogP contribution in [0.3, 0.4) is 0 Å². The Labute approximate surface area is 104 Å². The maximum atomic E-state index is 5.20. The van der Waals surface area contributed by atoms with Crippen LogP contribution in [0, 0.1) is 0 Å². The van der Waals surface area contributed by atoms with E-state index >= 15 is 0 Å². The van der Waals surface area contributed by atoms with Gasteiger partial charge in [0.25, 0.3) is 0 Å². The van der Waals surface area contributed by atoms with E-state index < -0.39 is 0 Å². The van der Waals surface area contributed by atoms with Crippen LogP contribution < -0.4 is 5.32 Å². The number of ether oxygens (including phenoxy) is 1. The van der Waals surface area contributed by atoms with Gasteiger partial charge in [-0.15, -0.1) is 0 Å². The van der Waals surface area contributed by atoms with Gasteiger partial charge in [-0.2, -0.15) is 0 Å². The number of hydrogen-bond donors (Lipinski definition) is 1. The summed E-state index contributed by atoms with van der Waals surface area (Å²) in [7, 11) is 1.75. The van der Waals surface area contributed by atoms with Crippen LogP contribution in [-0.4, -0.2) is 18.2 Å². The minimum absolute atomic E-state index is 0.547. The summed E-state index contributed by atoms with van der Waals surface area (Å²) < 4.78 is 7.36. The third-order valence-corrected chi connectivity index (χ3v) is 3.48. The van der Waals surface area contributed by atoms with Crippen molar-refractivity contribution in [3.63, 3.8) is 0 Å². The Balaban J connectivity index is 2.14. The highest BCUT2D eigenvalue weighted by molar-refractivity contribution is 5.29. The molecule has 0 bridgehead atoms. The average Bonchev–Trinajstić information content (AvgIpc) is 2.63. The second kappa shape index (κ2) is 6.22. The summed E-state index contributed by atoms with van der Waals surface area (Å²) in [4.78, 5) is 0. The molecule has 1 aliphatic rings. The van der Waals surface area contributed by atoms with Crippen molar-refractivity contribution in [1.82, 2.24) is 9.88 Å². The molecule has 0 saturated heterocycles. The molecule has 0 spiro atoms. The van der Waals surface area contributed by atoms with Crippen LogP contribution in [0.4, 0.5) is 0 Å². The zero-order valence-electron chi connectivity index (χ0n) is 11.0. The minimum atomic E-state index is 0.547. The van der Waals surface area contributed by atoms with Gasteiger partial charge in [-0.05, 0) is 43.4 Å². The number of aryl methyl sites for hydroxylation is 1. The zero-order chi connectivity index (χ0) is 12.1. The number of nitrogens with zero attached hydrogens (tertiary/aromatic N) is 1. The Kier molecular flexibility index (Phi) is 4.63. The summed E-state index contributed by atoms with van der Waals surface area (Å²) in [6, 6.07) is 0.547. The molecule has 1 aromatic rings. The standard InChI is InChI=1S/C14H24N2O/c1-3-8-15-14-7-5-4-6-12-9-16(11-17-2)10-13(12)14/h9-10,14-15H,3-8,11H2,1-2H3. The first kappa shape index (κ1) is 12.7. The van der Waals surface area contributed by atoms with Gasteiger partial charge >= 0.3 is 0 Å². The quantitative estimate of drug-likeness (QED) is 0.796. The van der Waals surface area contributed by atoms with E-state index in [-0.39, 0.29) is 0 Å². The van der Waals surface area contributed by atoms with Crippen molar-refractivity contribution < 1.29 is 4.74 Å². The van der Waals surface area contributed by atoms with Crippen LogP contribution in [0.1, 0.15) is 49.8 Å². The summed E-state index contributed by atoms with van der Waals surface area (Å²) in [6.45, 7) is 3.99. The number of aromatic nitrogens is 1. The lowest BCUT2D eigenvalue weighted by Gasteiger charge is -2.16. The average molecular weight is 236 g/mol. The van der Waals surface area contributed by atoms with E-state index in [4.69, 9.17) is 4.74 Å². The van der Waals surface area contributed by atoms with Crippen molar-refractivity contribution >= 4 is 0 Å². The molecule has 0 aromatic carbocycles. The van der Waals surface area contributed by atoms with Crippen LogP contribution in [0.5, 0.6) is 0 Å². The second-order valence-corrected chi connectivity index (χ2v) is 4.92. The molecule has 0 aliphatic heterocycles. The van der Waals surface area contributed by atoms with E-state index in [0.29, 0.717) is 12.8 Å². The first-order valence-corrected chi connectivity index (χ1v) is 6.76. The van der Waals surface area contributed by atoms with Crippen molar-refractivity contribution in [3.05, 3.63) is 23.5 Å². The van der Waals surface area contributed by atoms with Crippen LogP contribution in [-0.2, 0) is 17.9 Å². The van der Waals surface area contributed by atoms with Crippen molar-refractivity contribution in [2.75, 3.05) is 13.7 Å². The lowest BCUT2D eigenvalue weighted by Crippen LogP contribution is -2.21. The van der Waals surface area contributed by atoms with E-state index in [1.54, 1.807) is 7.11 Å². The fourth-order valence-corrected chi connectivity index (χ4v) is 2.67. The molecule has 1 unspecified atom stereocenters. The van der Waals surface area contributed by atoms with Gasteiger partial charge < -0.3 is 14.6 Å². The van der Waals surface area contributed by atoms with Crippen molar-refractivity contribution in [2.24, 2.45) is 0 Å².